The maximum atomic E-state index is 13.9. The SMILES string of the molecule is CC(=O)N(CCC(=O)Nc1cccc(C)c1)c1ccc(F)c(F)c1F. The molecule has 0 aliphatic carbocycles. The summed E-state index contributed by atoms with van der Waals surface area (Å²) in [4.78, 5) is 24.6. The number of hydrogen-bond donors (Lipinski definition) is 1. The number of amides is 2. The van der Waals surface area contributed by atoms with Gasteiger partial charge < -0.3 is 10.2 Å². The minimum absolute atomic E-state index is 0.133. The van der Waals surface area contributed by atoms with E-state index in [9.17, 15) is 22.8 Å². The van der Waals surface area contributed by atoms with Gasteiger partial charge in [0.1, 0.15) is 0 Å². The summed E-state index contributed by atoms with van der Waals surface area (Å²) in [6.07, 6.45) is -0.133. The van der Waals surface area contributed by atoms with Crippen molar-refractivity contribution in [3.63, 3.8) is 0 Å². The van der Waals surface area contributed by atoms with Crippen molar-refractivity contribution >= 4 is 23.2 Å². The van der Waals surface area contributed by atoms with Crippen LogP contribution in [0.3, 0.4) is 0 Å². The van der Waals surface area contributed by atoms with Gasteiger partial charge in [0, 0.05) is 25.6 Å². The maximum Gasteiger partial charge on any atom is 0.226 e. The third kappa shape index (κ3) is 4.59. The smallest absolute Gasteiger partial charge is 0.226 e. The molecule has 0 bridgehead atoms. The van der Waals surface area contributed by atoms with E-state index in [-0.39, 0.29) is 18.9 Å². The van der Waals surface area contributed by atoms with Gasteiger partial charge in [0.2, 0.25) is 11.8 Å². The largest absolute Gasteiger partial charge is 0.326 e. The molecule has 2 amide bonds. The number of halogens is 3. The van der Waals surface area contributed by atoms with E-state index in [0.717, 1.165) is 29.5 Å². The third-order valence-corrected chi connectivity index (χ3v) is 3.55. The van der Waals surface area contributed by atoms with Crippen LogP contribution in [-0.4, -0.2) is 18.4 Å². The molecule has 4 nitrogen and oxygen atoms in total. The Morgan fingerprint density at radius 1 is 1.08 bits per heavy atom. The highest BCUT2D eigenvalue weighted by molar-refractivity contribution is 5.94. The van der Waals surface area contributed by atoms with E-state index in [0.29, 0.717) is 5.69 Å². The quantitative estimate of drug-likeness (QED) is 0.834. The van der Waals surface area contributed by atoms with Gasteiger partial charge in [0.25, 0.3) is 0 Å². The van der Waals surface area contributed by atoms with Gasteiger partial charge in [0.15, 0.2) is 17.5 Å². The zero-order valence-corrected chi connectivity index (χ0v) is 13.8. The molecular weight excluding hydrogens is 333 g/mol. The second-order valence-electron chi connectivity index (χ2n) is 5.53. The van der Waals surface area contributed by atoms with Crippen LogP contribution in [0, 0.1) is 24.4 Å². The van der Waals surface area contributed by atoms with Crippen LogP contribution in [0.2, 0.25) is 0 Å². The van der Waals surface area contributed by atoms with Crippen molar-refractivity contribution in [2.24, 2.45) is 0 Å². The molecule has 0 aliphatic rings. The standard InChI is InChI=1S/C18H17F3N2O2/c1-11-4-3-5-13(10-11)22-16(25)8-9-23(12(2)24)15-7-6-14(19)17(20)18(15)21/h3-7,10H,8-9H2,1-2H3,(H,22,25). The van der Waals surface area contributed by atoms with Gasteiger partial charge in [-0.1, -0.05) is 12.1 Å². The number of carbonyl (C=O) groups excluding carboxylic acids is 2. The van der Waals surface area contributed by atoms with Crippen molar-refractivity contribution in [3.05, 3.63) is 59.4 Å². The van der Waals surface area contributed by atoms with Gasteiger partial charge in [-0.05, 0) is 36.8 Å². The number of anilines is 2. The van der Waals surface area contributed by atoms with Crippen LogP contribution in [0.4, 0.5) is 24.5 Å². The summed E-state index contributed by atoms with van der Waals surface area (Å²) >= 11 is 0. The molecule has 7 heteroatoms. The zero-order chi connectivity index (χ0) is 18.6. The Morgan fingerprint density at radius 2 is 1.80 bits per heavy atom. The Morgan fingerprint density at radius 3 is 2.44 bits per heavy atom. The average Bonchev–Trinajstić information content (AvgIpc) is 2.54. The van der Waals surface area contributed by atoms with E-state index in [2.05, 4.69) is 5.32 Å². The highest BCUT2D eigenvalue weighted by Crippen LogP contribution is 2.24. The normalized spacial score (nSPS) is 10.4. The van der Waals surface area contributed by atoms with Crippen molar-refractivity contribution < 1.29 is 22.8 Å². The lowest BCUT2D eigenvalue weighted by Crippen LogP contribution is -2.33. The summed E-state index contributed by atoms with van der Waals surface area (Å²) in [6, 6.07) is 8.84. The van der Waals surface area contributed by atoms with Gasteiger partial charge in [-0.3, -0.25) is 9.59 Å². The Kier molecular flexibility index (Phi) is 5.80. The fourth-order valence-electron chi connectivity index (χ4n) is 2.33. The number of nitrogens with one attached hydrogen (secondary N) is 1. The molecule has 0 aromatic heterocycles. The highest BCUT2D eigenvalue weighted by Gasteiger charge is 2.21. The molecule has 0 saturated carbocycles. The van der Waals surface area contributed by atoms with E-state index in [1.54, 1.807) is 18.2 Å². The topological polar surface area (TPSA) is 49.4 Å². The van der Waals surface area contributed by atoms with Crippen molar-refractivity contribution in [1.29, 1.82) is 0 Å². The van der Waals surface area contributed by atoms with Crippen LogP contribution in [0.25, 0.3) is 0 Å². The number of aryl methyl sites for hydroxylation is 1. The number of rotatable bonds is 5. The summed E-state index contributed by atoms with van der Waals surface area (Å²) in [5, 5.41) is 2.66. The summed E-state index contributed by atoms with van der Waals surface area (Å²) in [5.41, 5.74) is 1.15. The average molecular weight is 350 g/mol. The molecule has 0 atom stereocenters. The molecule has 2 aromatic carbocycles. The number of carbonyl (C=O) groups is 2. The Balaban J connectivity index is 2.09. The highest BCUT2D eigenvalue weighted by atomic mass is 19.2. The lowest BCUT2D eigenvalue weighted by molar-refractivity contribution is -0.117. The van der Waals surface area contributed by atoms with Crippen LogP contribution in [0.15, 0.2) is 36.4 Å². The van der Waals surface area contributed by atoms with E-state index >= 15 is 0 Å². The van der Waals surface area contributed by atoms with Crippen LogP contribution in [0.5, 0.6) is 0 Å². The van der Waals surface area contributed by atoms with Gasteiger partial charge >= 0.3 is 0 Å². The Bertz CT molecular complexity index is 809. The lowest BCUT2D eigenvalue weighted by Gasteiger charge is -2.21. The monoisotopic (exact) mass is 350 g/mol. The molecule has 0 unspecified atom stereocenters. The van der Waals surface area contributed by atoms with Crippen molar-refractivity contribution in [1.82, 2.24) is 0 Å². The van der Waals surface area contributed by atoms with Gasteiger partial charge in [-0.25, -0.2) is 13.2 Å². The zero-order valence-electron chi connectivity index (χ0n) is 13.8. The molecule has 0 saturated heterocycles. The van der Waals surface area contributed by atoms with Crippen LogP contribution >= 0.6 is 0 Å². The fourth-order valence-corrected chi connectivity index (χ4v) is 2.33. The minimum Gasteiger partial charge on any atom is -0.326 e. The number of benzene rings is 2. The van der Waals surface area contributed by atoms with E-state index in [1.807, 2.05) is 13.0 Å². The first-order chi connectivity index (χ1) is 11.8. The fraction of sp³-hybridized carbons (Fsp3) is 0.222. The second kappa shape index (κ2) is 7.83. The Hall–Kier alpha value is -2.83. The minimum atomic E-state index is -1.66. The predicted molar refractivity (Wildman–Crippen MR) is 88.8 cm³/mol. The summed E-state index contributed by atoms with van der Waals surface area (Å²) < 4.78 is 40.3. The van der Waals surface area contributed by atoms with Crippen LogP contribution in [-0.2, 0) is 9.59 Å². The summed E-state index contributed by atoms with van der Waals surface area (Å²) in [5.74, 6) is -5.45. The van der Waals surface area contributed by atoms with Crippen molar-refractivity contribution in [3.8, 4) is 0 Å². The van der Waals surface area contributed by atoms with Gasteiger partial charge in [-0.2, -0.15) is 0 Å². The summed E-state index contributed by atoms with van der Waals surface area (Å²) in [7, 11) is 0. The van der Waals surface area contributed by atoms with E-state index in [4.69, 9.17) is 0 Å². The first kappa shape index (κ1) is 18.5. The molecule has 1 N–H and O–H groups in total. The first-order valence-electron chi connectivity index (χ1n) is 7.57. The molecule has 132 valence electrons. The predicted octanol–water partition coefficient (Wildman–Crippen LogP) is 3.79. The molecular formula is C18H17F3N2O2. The lowest BCUT2D eigenvalue weighted by atomic mass is 10.2. The Labute approximate surface area is 143 Å². The summed E-state index contributed by atoms with van der Waals surface area (Å²) in [6.45, 7) is 2.85. The molecule has 2 aromatic rings. The third-order valence-electron chi connectivity index (χ3n) is 3.55. The second-order valence-corrected chi connectivity index (χ2v) is 5.53. The van der Waals surface area contributed by atoms with E-state index in [1.165, 1.54) is 0 Å². The molecule has 0 fully saturated rings. The molecule has 0 radical (unpaired) electrons. The van der Waals surface area contributed by atoms with Crippen molar-refractivity contribution in [2.75, 3.05) is 16.8 Å². The van der Waals surface area contributed by atoms with Crippen LogP contribution in [0.1, 0.15) is 18.9 Å². The van der Waals surface area contributed by atoms with Crippen LogP contribution < -0.4 is 10.2 Å². The van der Waals surface area contributed by atoms with Gasteiger partial charge in [0.05, 0.1) is 5.69 Å². The van der Waals surface area contributed by atoms with E-state index < -0.39 is 29.0 Å². The van der Waals surface area contributed by atoms with Crippen molar-refractivity contribution in [2.45, 2.75) is 20.3 Å². The van der Waals surface area contributed by atoms with Gasteiger partial charge in [-0.15, -0.1) is 0 Å². The molecule has 0 aliphatic heterocycles. The number of hydrogen-bond acceptors (Lipinski definition) is 2. The maximum absolute atomic E-state index is 13.9. The molecule has 0 spiro atoms. The molecule has 25 heavy (non-hydrogen) atoms. The first-order valence-corrected chi connectivity index (χ1v) is 7.57. The number of nitrogens with zero attached hydrogens (tertiary/aromatic N) is 1. The molecule has 0 heterocycles. The molecule has 2 rings (SSSR count).